The topological polar surface area (TPSA) is 52.7 Å². The van der Waals surface area contributed by atoms with Crippen LogP contribution in [0.3, 0.4) is 0 Å². The summed E-state index contributed by atoms with van der Waals surface area (Å²) in [5, 5.41) is 3.32. The Bertz CT molecular complexity index is 644. The van der Waals surface area contributed by atoms with Crippen molar-refractivity contribution in [3.8, 4) is 0 Å². The third kappa shape index (κ3) is 4.57. The molecule has 144 valence electrons. The Balaban J connectivity index is 0.00000243. The fourth-order valence-corrected chi connectivity index (χ4v) is 4.05. The second-order valence-electron chi connectivity index (χ2n) is 7.55. The van der Waals surface area contributed by atoms with Crippen LogP contribution in [0.25, 0.3) is 0 Å². The molecular weight excluding hydrogens is 350 g/mol. The number of hydrogen-bond donors (Lipinski definition) is 1. The number of nitrogens with zero attached hydrogens (tertiary/aromatic N) is 2. The van der Waals surface area contributed by atoms with Gasteiger partial charge >= 0.3 is 0 Å². The molecule has 1 aromatic rings. The van der Waals surface area contributed by atoms with E-state index in [1.54, 1.807) is 0 Å². The van der Waals surface area contributed by atoms with Gasteiger partial charge in [0.1, 0.15) is 0 Å². The van der Waals surface area contributed by atoms with Crippen molar-refractivity contribution >= 4 is 24.2 Å². The van der Waals surface area contributed by atoms with Crippen molar-refractivity contribution in [2.75, 3.05) is 32.7 Å². The third-order valence-electron chi connectivity index (χ3n) is 5.31. The molecule has 2 heterocycles. The van der Waals surface area contributed by atoms with Gasteiger partial charge in [0.2, 0.25) is 5.91 Å². The van der Waals surface area contributed by atoms with Gasteiger partial charge in [-0.25, -0.2) is 0 Å². The summed E-state index contributed by atoms with van der Waals surface area (Å²) in [7, 11) is 0. The third-order valence-corrected chi connectivity index (χ3v) is 5.31. The predicted octanol–water partition coefficient (Wildman–Crippen LogP) is 2.40. The summed E-state index contributed by atoms with van der Waals surface area (Å²) < 4.78 is 0. The molecule has 2 aliphatic rings. The molecule has 2 saturated heterocycles. The van der Waals surface area contributed by atoms with Gasteiger partial charge in [0, 0.05) is 44.3 Å². The smallest absolute Gasteiger partial charge is 0.253 e. The quantitative estimate of drug-likeness (QED) is 0.858. The molecule has 0 bridgehead atoms. The van der Waals surface area contributed by atoms with Gasteiger partial charge in [0.25, 0.3) is 5.91 Å². The first-order valence-corrected chi connectivity index (χ1v) is 9.34. The van der Waals surface area contributed by atoms with Crippen LogP contribution in [-0.2, 0) is 4.79 Å². The number of benzene rings is 1. The minimum absolute atomic E-state index is 0. The van der Waals surface area contributed by atoms with Gasteiger partial charge in [-0.2, -0.15) is 0 Å². The first-order chi connectivity index (χ1) is 12.0. The number of likely N-dealkylation sites (tertiary alicyclic amines) is 1. The summed E-state index contributed by atoms with van der Waals surface area (Å²) in [6, 6.07) is 6.19. The van der Waals surface area contributed by atoms with Crippen molar-refractivity contribution in [1.82, 2.24) is 15.1 Å². The van der Waals surface area contributed by atoms with E-state index >= 15 is 0 Å². The molecule has 1 unspecified atom stereocenters. The number of carbonyl (C=O) groups is 2. The highest BCUT2D eigenvalue weighted by molar-refractivity contribution is 5.95. The molecule has 0 spiro atoms. The van der Waals surface area contributed by atoms with E-state index < -0.39 is 0 Å². The zero-order chi connectivity index (χ0) is 18.0. The van der Waals surface area contributed by atoms with Crippen molar-refractivity contribution in [3.05, 3.63) is 34.9 Å². The van der Waals surface area contributed by atoms with Crippen LogP contribution in [-0.4, -0.2) is 60.4 Å². The molecule has 2 aliphatic heterocycles. The number of carbonyl (C=O) groups excluding carboxylic acids is 2. The van der Waals surface area contributed by atoms with E-state index in [4.69, 9.17) is 0 Å². The summed E-state index contributed by atoms with van der Waals surface area (Å²) in [5.74, 6) is 0.203. The van der Waals surface area contributed by atoms with Gasteiger partial charge in [0.15, 0.2) is 0 Å². The highest BCUT2D eigenvalue weighted by Crippen LogP contribution is 2.22. The number of halogens is 1. The number of aryl methyl sites for hydroxylation is 2. The van der Waals surface area contributed by atoms with Gasteiger partial charge in [-0.1, -0.05) is 17.2 Å². The number of rotatable bonds is 2. The summed E-state index contributed by atoms with van der Waals surface area (Å²) >= 11 is 0. The Labute approximate surface area is 162 Å². The molecule has 0 aliphatic carbocycles. The van der Waals surface area contributed by atoms with Gasteiger partial charge < -0.3 is 15.1 Å². The lowest BCUT2D eigenvalue weighted by atomic mass is 9.94. The van der Waals surface area contributed by atoms with Crippen LogP contribution in [0.4, 0.5) is 0 Å². The van der Waals surface area contributed by atoms with E-state index in [1.165, 1.54) is 0 Å². The second-order valence-corrected chi connectivity index (χ2v) is 7.55. The Morgan fingerprint density at radius 2 is 1.81 bits per heavy atom. The molecule has 1 N–H and O–H groups in total. The van der Waals surface area contributed by atoms with Crippen LogP contribution in [0.15, 0.2) is 18.2 Å². The molecule has 5 nitrogen and oxygen atoms in total. The SMILES string of the molecule is Cc1cc(C)cc(C(=O)N2CCCC(C(=O)N3CCNC[C@@H]3C)C2)c1.Cl. The van der Waals surface area contributed by atoms with E-state index in [0.717, 1.165) is 55.7 Å². The molecular formula is C20H30ClN3O2. The molecule has 0 radical (unpaired) electrons. The van der Waals surface area contributed by atoms with Crippen molar-refractivity contribution in [1.29, 1.82) is 0 Å². The Hall–Kier alpha value is -1.59. The van der Waals surface area contributed by atoms with E-state index in [1.807, 2.05) is 35.8 Å². The lowest BCUT2D eigenvalue weighted by Crippen LogP contribution is -2.55. The molecule has 2 atom stereocenters. The summed E-state index contributed by atoms with van der Waals surface area (Å²) in [4.78, 5) is 29.7. The molecule has 3 rings (SSSR count). The Morgan fingerprint density at radius 3 is 2.46 bits per heavy atom. The number of piperidine rings is 1. The fraction of sp³-hybridized carbons (Fsp3) is 0.600. The summed E-state index contributed by atoms with van der Waals surface area (Å²) in [6.07, 6.45) is 1.78. The highest BCUT2D eigenvalue weighted by atomic mass is 35.5. The zero-order valence-electron chi connectivity index (χ0n) is 16.0. The van der Waals surface area contributed by atoms with Gasteiger partial charge in [-0.05, 0) is 45.7 Å². The van der Waals surface area contributed by atoms with Gasteiger partial charge in [0.05, 0.1) is 5.92 Å². The largest absolute Gasteiger partial charge is 0.338 e. The molecule has 1 aromatic carbocycles. The normalized spacial score (nSPS) is 23.3. The predicted molar refractivity (Wildman–Crippen MR) is 106 cm³/mol. The Morgan fingerprint density at radius 1 is 1.12 bits per heavy atom. The monoisotopic (exact) mass is 379 g/mol. The first kappa shape index (κ1) is 20.7. The molecule has 26 heavy (non-hydrogen) atoms. The number of piperazine rings is 1. The van der Waals surface area contributed by atoms with Crippen molar-refractivity contribution in [2.24, 2.45) is 5.92 Å². The summed E-state index contributed by atoms with van der Waals surface area (Å²) in [5.41, 5.74) is 2.94. The minimum Gasteiger partial charge on any atom is -0.338 e. The number of amides is 2. The van der Waals surface area contributed by atoms with E-state index in [0.29, 0.717) is 6.54 Å². The lowest BCUT2D eigenvalue weighted by Gasteiger charge is -2.39. The number of nitrogens with one attached hydrogen (secondary N) is 1. The van der Waals surface area contributed by atoms with Crippen LogP contribution in [0.1, 0.15) is 41.3 Å². The van der Waals surface area contributed by atoms with Crippen LogP contribution in [0, 0.1) is 19.8 Å². The van der Waals surface area contributed by atoms with Crippen LogP contribution >= 0.6 is 12.4 Å². The summed E-state index contributed by atoms with van der Waals surface area (Å²) in [6.45, 7) is 9.87. The maximum Gasteiger partial charge on any atom is 0.253 e. The molecule has 0 saturated carbocycles. The average molecular weight is 380 g/mol. The molecule has 6 heteroatoms. The van der Waals surface area contributed by atoms with E-state index in [2.05, 4.69) is 18.3 Å². The van der Waals surface area contributed by atoms with Crippen molar-refractivity contribution in [2.45, 2.75) is 39.7 Å². The first-order valence-electron chi connectivity index (χ1n) is 9.34. The van der Waals surface area contributed by atoms with Gasteiger partial charge in [-0.3, -0.25) is 9.59 Å². The maximum atomic E-state index is 12.9. The van der Waals surface area contributed by atoms with E-state index in [9.17, 15) is 9.59 Å². The van der Waals surface area contributed by atoms with E-state index in [-0.39, 0.29) is 36.2 Å². The molecule has 2 fully saturated rings. The second kappa shape index (κ2) is 8.87. The Kier molecular flexibility index (Phi) is 7.07. The molecule has 0 aromatic heterocycles. The molecule has 2 amide bonds. The number of hydrogen-bond acceptors (Lipinski definition) is 3. The fourth-order valence-electron chi connectivity index (χ4n) is 4.05. The van der Waals surface area contributed by atoms with Crippen LogP contribution < -0.4 is 5.32 Å². The van der Waals surface area contributed by atoms with Crippen molar-refractivity contribution < 1.29 is 9.59 Å². The van der Waals surface area contributed by atoms with Gasteiger partial charge in [-0.15, -0.1) is 12.4 Å². The lowest BCUT2D eigenvalue weighted by molar-refractivity contribution is -0.139. The van der Waals surface area contributed by atoms with Crippen LogP contribution in [0.5, 0.6) is 0 Å². The standard InChI is InChI=1S/C20H29N3O2.ClH/c1-14-9-15(2)11-18(10-14)19(24)22-7-4-5-17(13-22)20(25)23-8-6-21-12-16(23)3;/h9-11,16-17,21H,4-8,12-13H2,1-3H3;1H/t16-,17?;/m0./s1. The zero-order valence-corrected chi connectivity index (χ0v) is 16.8. The highest BCUT2D eigenvalue weighted by Gasteiger charge is 2.34. The average Bonchev–Trinajstić information content (AvgIpc) is 2.60. The minimum atomic E-state index is -0.0656. The van der Waals surface area contributed by atoms with Crippen molar-refractivity contribution in [3.63, 3.8) is 0 Å². The van der Waals surface area contributed by atoms with Crippen LogP contribution in [0.2, 0.25) is 0 Å². The maximum absolute atomic E-state index is 12.9.